The summed E-state index contributed by atoms with van der Waals surface area (Å²) < 4.78 is 4.85. The zero-order valence-corrected chi connectivity index (χ0v) is 8.17. The minimum Gasteiger partial charge on any atom is -0.466 e. The van der Waals surface area contributed by atoms with E-state index in [4.69, 9.17) is 10.5 Å². The molecule has 0 spiro atoms. The number of hydrogen-bond donors (Lipinski definition) is 1. The summed E-state index contributed by atoms with van der Waals surface area (Å²) in [5.41, 5.74) is 5.70. The van der Waals surface area contributed by atoms with E-state index in [2.05, 4.69) is 0 Å². The molecule has 0 rings (SSSR count). The van der Waals surface area contributed by atoms with Gasteiger partial charge in [-0.25, -0.2) is 0 Å². The van der Waals surface area contributed by atoms with E-state index in [1.165, 1.54) is 0 Å². The van der Waals surface area contributed by atoms with Gasteiger partial charge in [0.1, 0.15) is 0 Å². The number of carbonyl (C=O) groups excluding carboxylic acids is 1. The topological polar surface area (TPSA) is 52.3 Å². The Morgan fingerprint density at radius 2 is 2.08 bits per heavy atom. The quantitative estimate of drug-likeness (QED) is 0.638. The third-order valence-corrected chi connectivity index (χ3v) is 1.87. The van der Waals surface area contributed by atoms with Crippen LogP contribution in [0.1, 0.15) is 33.6 Å². The minimum atomic E-state index is -0.138. The van der Waals surface area contributed by atoms with E-state index in [-0.39, 0.29) is 17.9 Å². The maximum atomic E-state index is 11.1. The molecule has 0 aliphatic heterocycles. The molecule has 2 unspecified atom stereocenters. The summed E-state index contributed by atoms with van der Waals surface area (Å²) in [5, 5.41) is 0. The first kappa shape index (κ1) is 11.4. The van der Waals surface area contributed by atoms with Gasteiger partial charge in [-0.15, -0.1) is 0 Å². The van der Waals surface area contributed by atoms with Crippen molar-refractivity contribution in [2.24, 2.45) is 11.7 Å². The molecule has 12 heavy (non-hydrogen) atoms. The van der Waals surface area contributed by atoms with Gasteiger partial charge in [0, 0.05) is 6.04 Å². The fourth-order valence-corrected chi connectivity index (χ4v) is 1.00. The first-order valence-electron chi connectivity index (χ1n) is 4.54. The van der Waals surface area contributed by atoms with Crippen LogP contribution >= 0.6 is 0 Å². The van der Waals surface area contributed by atoms with Crippen LogP contribution in [-0.4, -0.2) is 18.6 Å². The zero-order chi connectivity index (χ0) is 9.56. The van der Waals surface area contributed by atoms with Gasteiger partial charge in [-0.2, -0.15) is 0 Å². The molecule has 0 amide bonds. The lowest BCUT2D eigenvalue weighted by Gasteiger charge is -2.14. The zero-order valence-electron chi connectivity index (χ0n) is 8.17. The van der Waals surface area contributed by atoms with Gasteiger partial charge in [-0.3, -0.25) is 4.79 Å². The first-order valence-corrected chi connectivity index (χ1v) is 4.54. The molecular weight excluding hydrogens is 154 g/mol. The van der Waals surface area contributed by atoms with Crippen molar-refractivity contribution in [1.82, 2.24) is 0 Å². The standard InChI is InChI=1S/C9H19NO2/c1-4-8(10)6-7(3)9(11)12-5-2/h7-8H,4-6,10H2,1-3H3. The molecule has 0 aromatic carbocycles. The van der Waals surface area contributed by atoms with Gasteiger partial charge in [0.15, 0.2) is 0 Å². The number of esters is 1. The molecular formula is C9H19NO2. The minimum absolute atomic E-state index is 0.0695. The summed E-state index contributed by atoms with van der Waals surface area (Å²) in [6.45, 7) is 6.13. The molecule has 72 valence electrons. The summed E-state index contributed by atoms with van der Waals surface area (Å²) in [6, 6.07) is 0.115. The van der Waals surface area contributed by atoms with Crippen molar-refractivity contribution < 1.29 is 9.53 Å². The summed E-state index contributed by atoms with van der Waals surface area (Å²) in [7, 11) is 0. The monoisotopic (exact) mass is 173 g/mol. The highest BCUT2D eigenvalue weighted by Crippen LogP contribution is 2.08. The average Bonchev–Trinajstić information content (AvgIpc) is 2.04. The summed E-state index contributed by atoms with van der Waals surface area (Å²) in [5.74, 6) is -0.207. The Labute approximate surface area is 74.3 Å². The van der Waals surface area contributed by atoms with Crippen molar-refractivity contribution in [3.05, 3.63) is 0 Å². The lowest BCUT2D eigenvalue weighted by Crippen LogP contribution is -2.26. The molecule has 0 radical (unpaired) electrons. The molecule has 3 nitrogen and oxygen atoms in total. The molecule has 2 N–H and O–H groups in total. The molecule has 0 fully saturated rings. The van der Waals surface area contributed by atoms with E-state index >= 15 is 0 Å². The van der Waals surface area contributed by atoms with Crippen molar-refractivity contribution in [3.63, 3.8) is 0 Å². The largest absolute Gasteiger partial charge is 0.466 e. The van der Waals surface area contributed by atoms with Crippen molar-refractivity contribution in [2.75, 3.05) is 6.61 Å². The number of ether oxygens (including phenoxy) is 1. The molecule has 0 heterocycles. The molecule has 0 saturated carbocycles. The third kappa shape index (κ3) is 4.34. The van der Waals surface area contributed by atoms with Crippen LogP contribution < -0.4 is 5.73 Å². The maximum absolute atomic E-state index is 11.1. The molecule has 0 aromatic rings. The van der Waals surface area contributed by atoms with Crippen LogP contribution in [-0.2, 0) is 9.53 Å². The van der Waals surface area contributed by atoms with Crippen molar-refractivity contribution in [1.29, 1.82) is 0 Å². The second kappa shape index (κ2) is 6.00. The van der Waals surface area contributed by atoms with Crippen molar-refractivity contribution >= 4 is 5.97 Å². The molecule has 3 heteroatoms. The summed E-state index contributed by atoms with van der Waals surface area (Å²) in [4.78, 5) is 11.1. The van der Waals surface area contributed by atoms with Gasteiger partial charge in [0.2, 0.25) is 0 Å². The molecule has 0 saturated heterocycles. The number of hydrogen-bond acceptors (Lipinski definition) is 3. The molecule has 0 aromatic heterocycles. The van der Waals surface area contributed by atoms with Gasteiger partial charge in [-0.05, 0) is 19.8 Å². The van der Waals surface area contributed by atoms with Crippen LogP contribution in [0.3, 0.4) is 0 Å². The fraction of sp³-hybridized carbons (Fsp3) is 0.889. The van der Waals surface area contributed by atoms with E-state index in [1.807, 2.05) is 20.8 Å². The SMILES string of the molecule is CCOC(=O)C(C)CC(N)CC. The van der Waals surface area contributed by atoms with E-state index in [1.54, 1.807) is 0 Å². The Morgan fingerprint density at radius 1 is 1.50 bits per heavy atom. The second-order valence-electron chi connectivity index (χ2n) is 3.06. The second-order valence-corrected chi connectivity index (χ2v) is 3.06. The lowest BCUT2D eigenvalue weighted by atomic mass is 10.0. The normalized spacial score (nSPS) is 15.3. The first-order chi connectivity index (χ1) is 5.61. The Morgan fingerprint density at radius 3 is 2.50 bits per heavy atom. The number of rotatable bonds is 5. The lowest BCUT2D eigenvalue weighted by molar-refractivity contribution is -0.147. The van der Waals surface area contributed by atoms with E-state index in [0.29, 0.717) is 6.61 Å². The van der Waals surface area contributed by atoms with Crippen molar-refractivity contribution in [2.45, 2.75) is 39.7 Å². The predicted octanol–water partition coefficient (Wildman–Crippen LogP) is 1.31. The summed E-state index contributed by atoms with van der Waals surface area (Å²) in [6.07, 6.45) is 1.62. The Hall–Kier alpha value is -0.570. The Kier molecular flexibility index (Phi) is 5.72. The van der Waals surface area contributed by atoms with E-state index in [0.717, 1.165) is 12.8 Å². The van der Waals surface area contributed by atoms with Gasteiger partial charge in [-0.1, -0.05) is 13.8 Å². The number of nitrogens with two attached hydrogens (primary N) is 1. The van der Waals surface area contributed by atoms with Crippen LogP contribution in [0.15, 0.2) is 0 Å². The Bertz CT molecular complexity index is 136. The van der Waals surface area contributed by atoms with Gasteiger partial charge in [0.25, 0.3) is 0 Å². The maximum Gasteiger partial charge on any atom is 0.308 e. The van der Waals surface area contributed by atoms with Crippen LogP contribution in [0, 0.1) is 5.92 Å². The van der Waals surface area contributed by atoms with Crippen LogP contribution in [0.5, 0.6) is 0 Å². The molecule has 0 bridgehead atoms. The smallest absolute Gasteiger partial charge is 0.308 e. The van der Waals surface area contributed by atoms with Crippen LogP contribution in [0.2, 0.25) is 0 Å². The van der Waals surface area contributed by atoms with Gasteiger partial charge >= 0.3 is 5.97 Å². The van der Waals surface area contributed by atoms with Gasteiger partial charge < -0.3 is 10.5 Å². The highest BCUT2D eigenvalue weighted by atomic mass is 16.5. The van der Waals surface area contributed by atoms with E-state index < -0.39 is 0 Å². The molecule has 0 aliphatic carbocycles. The third-order valence-electron chi connectivity index (χ3n) is 1.87. The summed E-state index contributed by atoms with van der Waals surface area (Å²) >= 11 is 0. The van der Waals surface area contributed by atoms with E-state index in [9.17, 15) is 4.79 Å². The molecule has 0 aliphatic rings. The van der Waals surface area contributed by atoms with Crippen molar-refractivity contribution in [3.8, 4) is 0 Å². The predicted molar refractivity (Wildman–Crippen MR) is 48.7 cm³/mol. The Balaban J connectivity index is 3.70. The highest BCUT2D eigenvalue weighted by molar-refractivity contribution is 5.71. The molecule has 2 atom stereocenters. The average molecular weight is 173 g/mol. The van der Waals surface area contributed by atoms with Crippen LogP contribution in [0.25, 0.3) is 0 Å². The fourth-order valence-electron chi connectivity index (χ4n) is 1.00. The van der Waals surface area contributed by atoms with Crippen LogP contribution in [0.4, 0.5) is 0 Å². The van der Waals surface area contributed by atoms with Gasteiger partial charge in [0.05, 0.1) is 12.5 Å². The highest BCUT2D eigenvalue weighted by Gasteiger charge is 2.16. The number of carbonyl (C=O) groups is 1.